The molecule has 1 aromatic carbocycles. The predicted octanol–water partition coefficient (Wildman–Crippen LogP) is 1.83. The summed E-state index contributed by atoms with van der Waals surface area (Å²) >= 11 is 0. The summed E-state index contributed by atoms with van der Waals surface area (Å²) in [5, 5.41) is 9.38. The molecule has 0 aliphatic heterocycles. The fraction of sp³-hybridized carbons (Fsp3) is 0.273. The molecule has 1 aromatic rings. The van der Waals surface area contributed by atoms with Crippen molar-refractivity contribution in [2.24, 2.45) is 5.73 Å². The minimum Gasteiger partial charge on any atom is -0.387 e. The molecule has 78 valence electrons. The normalized spacial score (nSPS) is 14.8. The van der Waals surface area contributed by atoms with Crippen molar-refractivity contribution in [2.75, 3.05) is 0 Å². The van der Waals surface area contributed by atoms with Gasteiger partial charge in [0.15, 0.2) is 0 Å². The molecule has 0 saturated carbocycles. The van der Waals surface area contributed by atoms with Crippen molar-refractivity contribution in [3.63, 3.8) is 0 Å². The zero-order valence-corrected chi connectivity index (χ0v) is 8.95. The zero-order chi connectivity index (χ0) is 9.68. The summed E-state index contributed by atoms with van der Waals surface area (Å²) in [5.41, 5.74) is 6.57. The molecule has 0 bridgehead atoms. The van der Waals surface area contributed by atoms with Crippen LogP contribution in [0.25, 0.3) is 6.08 Å². The Morgan fingerprint density at radius 1 is 1.29 bits per heavy atom. The summed E-state index contributed by atoms with van der Waals surface area (Å²) in [6.45, 7) is 1.78. The lowest BCUT2D eigenvalue weighted by molar-refractivity contribution is 0.199. The third-order valence-corrected chi connectivity index (χ3v) is 1.82. The van der Waals surface area contributed by atoms with Crippen LogP contribution in [-0.2, 0) is 0 Å². The number of benzene rings is 1. The molecule has 2 nitrogen and oxygen atoms in total. The van der Waals surface area contributed by atoms with Gasteiger partial charge in [0.1, 0.15) is 0 Å². The van der Waals surface area contributed by atoms with E-state index in [-0.39, 0.29) is 18.4 Å². The summed E-state index contributed by atoms with van der Waals surface area (Å²) in [4.78, 5) is 0. The predicted molar refractivity (Wildman–Crippen MR) is 62.4 cm³/mol. The first-order valence-corrected chi connectivity index (χ1v) is 4.37. The Bertz CT molecular complexity index is 272. The topological polar surface area (TPSA) is 46.2 Å². The van der Waals surface area contributed by atoms with Gasteiger partial charge in [-0.1, -0.05) is 42.5 Å². The van der Waals surface area contributed by atoms with E-state index in [1.807, 2.05) is 36.4 Å². The lowest BCUT2D eigenvalue weighted by Crippen LogP contribution is -2.29. The Labute approximate surface area is 90.9 Å². The molecule has 0 unspecified atom stereocenters. The van der Waals surface area contributed by atoms with Gasteiger partial charge in [-0.25, -0.2) is 0 Å². The van der Waals surface area contributed by atoms with Crippen molar-refractivity contribution in [3.05, 3.63) is 42.0 Å². The maximum absolute atomic E-state index is 9.38. The molecule has 0 amide bonds. The SMILES string of the molecule is C[C@H](N)[C@@H](O)C=Cc1ccccc1.Cl. The lowest BCUT2D eigenvalue weighted by Gasteiger charge is -2.08. The second kappa shape index (κ2) is 6.60. The van der Waals surface area contributed by atoms with Gasteiger partial charge in [0, 0.05) is 6.04 Å². The second-order valence-electron chi connectivity index (χ2n) is 3.12. The molecule has 3 N–H and O–H groups in total. The molecule has 0 fully saturated rings. The van der Waals surface area contributed by atoms with Gasteiger partial charge in [0.05, 0.1) is 6.10 Å². The van der Waals surface area contributed by atoms with Crippen LogP contribution in [0.5, 0.6) is 0 Å². The van der Waals surface area contributed by atoms with Crippen molar-refractivity contribution < 1.29 is 5.11 Å². The smallest absolute Gasteiger partial charge is 0.0872 e. The van der Waals surface area contributed by atoms with E-state index in [1.165, 1.54) is 0 Å². The van der Waals surface area contributed by atoms with Gasteiger partial charge in [-0.05, 0) is 12.5 Å². The van der Waals surface area contributed by atoms with Gasteiger partial charge in [-0.2, -0.15) is 0 Å². The summed E-state index contributed by atoms with van der Waals surface area (Å²) in [5.74, 6) is 0. The highest BCUT2D eigenvalue weighted by molar-refractivity contribution is 5.85. The molecule has 1 rings (SSSR count). The van der Waals surface area contributed by atoms with Crippen molar-refractivity contribution in [3.8, 4) is 0 Å². The Kier molecular flexibility index (Phi) is 6.21. The van der Waals surface area contributed by atoms with E-state index in [1.54, 1.807) is 13.0 Å². The Morgan fingerprint density at radius 3 is 2.36 bits per heavy atom. The maximum atomic E-state index is 9.38. The van der Waals surface area contributed by atoms with Crippen molar-refractivity contribution in [1.29, 1.82) is 0 Å². The summed E-state index contributed by atoms with van der Waals surface area (Å²) < 4.78 is 0. The first-order chi connectivity index (χ1) is 6.20. The highest BCUT2D eigenvalue weighted by Gasteiger charge is 2.03. The molecule has 0 saturated heterocycles. The lowest BCUT2D eigenvalue weighted by atomic mass is 10.1. The molecule has 0 radical (unpaired) electrons. The van der Waals surface area contributed by atoms with Gasteiger partial charge in [-0.15, -0.1) is 12.4 Å². The van der Waals surface area contributed by atoms with Gasteiger partial charge in [0.25, 0.3) is 0 Å². The summed E-state index contributed by atoms with van der Waals surface area (Å²) in [7, 11) is 0. The van der Waals surface area contributed by atoms with Crippen LogP contribution in [-0.4, -0.2) is 17.3 Å². The second-order valence-corrected chi connectivity index (χ2v) is 3.12. The Hall–Kier alpha value is -0.830. The fourth-order valence-corrected chi connectivity index (χ4v) is 0.949. The van der Waals surface area contributed by atoms with Crippen LogP contribution in [0.1, 0.15) is 12.5 Å². The van der Waals surface area contributed by atoms with Crippen LogP contribution in [0.3, 0.4) is 0 Å². The maximum Gasteiger partial charge on any atom is 0.0872 e. The number of aliphatic hydroxyl groups excluding tert-OH is 1. The van der Waals surface area contributed by atoms with Crippen LogP contribution in [0.2, 0.25) is 0 Å². The van der Waals surface area contributed by atoms with Gasteiger partial charge < -0.3 is 10.8 Å². The molecule has 14 heavy (non-hydrogen) atoms. The standard InChI is InChI=1S/C11H15NO.ClH/c1-9(12)11(13)8-7-10-5-3-2-4-6-10;/h2-9,11,13H,12H2,1H3;1H/t9-,11-;/m0./s1. The number of nitrogens with two attached hydrogens (primary N) is 1. The summed E-state index contributed by atoms with van der Waals surface area (Å²) in [6, 6.07) is 9.60. The highest BCUT2D eigenvalue weighted by Crippen LogP contribution is 2.02. The van der Waals surface area contributed by atoms with E-state index in [9.17, 15) is 5.11 Å². The van der Waals surface area contributed by atoms with Crippen molar-refractivity contribution >= 4 is 18.5 Å². The molecule has 0 aliphatic rings. The van der Waals surface area contributed by atoms with Crippen LogP contribution < -0.4 is 5.73 Å². The minimum atomic E-state index is -0.569. The van der Waals surface area contributed by atoms with Gasteiger partial charge in [0.2, 0.25) is 0 Å². The van der Waals surface area contributed by atoms with E-state index >= 15 is 0 Å². The zero-order valence-electron chi connectivity index (χ0n) is 8.13. The molecule has 0 aliphatic carbocycles. The largest absolute Gasteiger partial charge is 0.387 e. The molecule has 0 spiro atoms. The monoisotopic (exact) mass is 213 g/mol. The van der Waals surface area contributed by atoms with E-state index in [0.717, 1.165) is 5.56 Å². The van der Waals surface area contributed by atoms with E-state index in [0.29, 0.717) is 0 Å². The van der Waals surface area contributed by atoms with Crippen LogP contribution in [0, 0.1) is 0 Å². The Morgan fingerprint density at radius 2 is 1.86 bits per heavy atom. The first-order valence-electron chi connectivity index (χ1n) is 4.37. The molecular formula is C11H16ClNO. The van der Waals surface area contributed by atoms with Crippen LogP contribution >= 0.6 is 12.4 Å². The minimum absolute atomic E-state index is 0. The number of hydrogen-bond donors (Lipinski definition) is 2. The van der Waals surface area contributed by atoms with Crippen molar-refractivity contribution in [2.45, 2.75) is 19.1 Å². The number of rotatable bonds is 3. The third-order valence-electron chi connectivity index (χ3n) is 1.82. The van der Waals surface area contributed by atoms with Crippen LogP contribution in [0.4, 0.5) is 0 Å². The number of halogens is 1. The van der Waals surface area contributed by atoms with E-state index in [2.05, 4.69) is 0 Å². The quantitative estimate of drug-likeness (QED) is 0.805. The Balaban J connectivity index is 0.00000169. The highest BCUT2D eigenvalue weighted by atomic mass is 35.5. The van der Waals surface area contributed by atoms with Gasteiger partial charge >= 0.3 is 0 Å². The summed E-state index contributed by atoms with van der Waals surface area (Å²) in [6.07, 6.45) is 3.01. The average Bonchev–Trinajstić information content (AvgIpc) is 2.15. The van der Waals surface area contributed by atoms with E-state index < -0.39 is 6.10 Å². The number of aliphatic hydroxyl groups is 1. The fourth-order valence-electron chi connectivity index (χ4n) is 0.949. The molecule has 3 heteroatoms. The first kappa shape index (κ1) is 13.2. The van der Waals surface area contributed by atoms with Crippen LogP contribution in [0.15, 0.2) is 36.4 Å². The molecular weight excluding hydrogens is 198 g/mol. The molecule has 0 aromatic heterocycles. The van der Waals surface area contributed by atoms with Gasteiger partial charge in [-0.3, -0.25) is 0 Å². The average molecular weight is 214 g/mol. The van der Waals surface area contributed by atoms with Crippen molar-refractivity contribution in [1.82, 2.24) is 0 Å². The van der Waals surface area contributed by atoms with E-state index in [4.69, 9.17) is 5.73 Å². The number of hydrogen-bond acceptors (Lipinski definition) is 2. The molecule has 0 heterocycles. The third kappa shape index (κ3) is 4.42. The molecule has 2 atom stereocenters.